The third-order valence-corrected chi connectivity index (χ3v) is 5.39. The minimum atomic E-state index is -4.88. The summed E-state index contributed by atoms with van der Waals surface area (Å²) in [5, 5.41) is 20.8. The molecule has 0 amide bonds. The Kier molecular flexibility index (Phi) is 5.97. The monoisotopic (exact) mass is 474 g/mol. The number of halogens is 4. The molecule has 2 heterocycles. The van der Waals surface area contributed by atoms with E-state index < -0.39 is 51.1 Å². The van der Waals surface area contributed by atoms with Crippen LogP contribution in [0.15, 0.2) is 41.6 Å². The molecule has 0 spiro atoms. The maximum atomic E-state index is 15.0. The van der Waals surface area contributed by atoms with E-state index in [2.05, 4.69) is 20.4 Å². The van der Waals surface area contributed by atoms with E-state index in [0.717, 1.165) is 10.9 Å². The van der Waals surface area contributed by atoms with E-state index in [-0.39, 0.29) is 16.5 Å². The SMILES string of the molecule is CC(C)(CO)n1ncc(-c2nc(Nc3ccc(S(N)(=O)=O)cc3)ncc2C(F)(F)F)c1F. The number of sulfonamides is 1. The van der Waals surface area contributed by atoms with E-state index in [4.69, 9.17) is 5.14 Å². The molecule has 0 bridgehead atoms. The number of primary sulfonamides is 1. The highest BCUT2D eigenvalue weighted by Crippen LogP contribution is 2.37. The summed E-state index contributed by atoms with van der Waals surface area (Å²) in [4.78, 5) is 7.27. The van der Waals surface area contributed by atoms with Gasteiger partial charge in [0, 0.05) is 11.9 Å². The molecule has 0 saturated heterocycles. The van der Waals surface area contributed by atoms with Crippen LogP contribution in [0.3, 0.4) is 0 Å². The summed E-state index contributed by atoms with van der Waals surface area (Å²) in [6.45, 7) is 2.40. The number of hydrogen-bond donors (Lipinski definition) is 3. The highest BCUT2D eigenvalue weighted by atomic mass is 32.2. The normalized spacial score (nSPS) is 12.8. The van der Waals surface area contributed by atoms with Gasteiger partial charge in [-0.2, -0.15) is 22.7 Å². The topological polar surface area (TPSA) is 136 Å². The van der Waals surface area contributed by atoms with Gasteiger partial charge in [-0.3, -0.25) is 0 Å². The lowest BCUT2D eigenvalue weighted by molar-refractivity contribution is -0.137. The maximum Gasteiger partial charge on any atom is 0.420 e. The molecule has 9 nitrogen and oxygen atoms in total. The quantitative estimate of drug-likeness (QED) is 0.467. The van der Waals surface area contributed by atoms with Crippen molar-refractivity contribution in [2.24, 2.45) is 5.14 Å². The number of nitrogens with two attached hydrogens (primary N) is 1. The number of hydrogen-bond acceptors (Lipinski definition) is 7. The molecule has 2 aromatic heterocycles. The molecule has 172 valence electrons. The zero-order valence-electron chi connectivity index (χ0n) is 16.7. The fourth-order valence-corrected chi connectivity index (χ4v) is 3.21. The van der Waals surface area contributed by atoms with Crippen molar-refractivity contribution in [3.63, 3.8) is 0 Å². The van der Waals surface area contributed by atoms with Gasteiger partial charge >= 0.3 is 6.18 Å². The number of rotatable bonds is 6. The van der Waals surface area contributed by atoms with Crippen molar-refractivity contribution in [1.82, 2.24) is 19.7 Å². The first-order valence-electron chi connectivity index (χ1n) is 8.93. The Labute approximate surface area is 180 Å². The van der Waals surface area contributed by atoms with E-state index in [1.165, 1.54) is 38.1 Å². The number of aromatic nitrogens is 4. The summed E-state index contributed by atoms with van der Waals surface area (Å²) in [5.41, 5.74) is -3.53. The predicted molar refractivity (Wildman–Crippen MR) is 106 cm³/mol. The van der Waals surface area contributed by atoms with Crippen LogP contribution in [-0.4, -0.2) is 39.9 Å². The van der Waals surface area contributed by atoms with Crippen molar-refractivity contribution in [1.29, 1.82) is 0 Å². The van der Waals surface area contributed by atoms with E-state index in [1.807, 2.05) is 0 Å². The van der Waals surface area contributed by atoms with Gasteiger partial charge < -0.3 is 10.4 Å². The lowest BCUT2D eigenvalue weighted by Crippen LogP contribution is -2.32. The van der Waals surface area contributed by atoms with E-state index >= 15 is 0 Å². The first-order chi connectivity index (χ1) is 14.7. The minimum Gasteiger partial charge on any atom is -0.394 e. The van der Waals surface area contributed by atoms with Crippen LogP contribution in [0, 0.1) is 5.95 Å². The largest absolute Gasteiger partial charge is 0.420 e. The Hall–Kier alpha value is -3.10. The van der Waals surface area contributed by atoms with Gasteiger partial charge in [-0.25, -0.2) is 28.2 Å². The van der Waals surface area contributed by atoms with Crippen LogP contribution in [-0.2, 0) is 21.7 Å². The molecule has 32 heavy (non-hydrogen) atoms. The average molecular weight is 474 g/mol. The number of nitrogens with zero attached hydrogens (tertiary/aromatic N) is 4. The summed E-state index contributed by atoms with van der Waals surface area (Å²) in [6, 6.07) is 4.98. The van der Waals surface area contributed by atoms with Crippen LogP contribution in [0.4, 0.5) is 29.2 Å². The van der Waals surface area contributed by atoms with Gasteiger partial charge in [0.15, 0.2) is 0 Å². The van der Waals surface area contributed by atoms with E-state index in [1.54, 1.807) is 0 Å². The van der Waals surface area contributed by atoms with Crippen LogP contribution in [0.2, 0.25) is 0 Å². The molecule has 3 rings (SSSR count). The molecule has 0 aliphatic heterocycles. The van der Waals surface area contributed by atoms with Crippen molar-refractivity contribution < 1.29 is 31.1 Å². The Morgan fingerprint density at radius 3 is 2.31 bits per heavy atom. The number of benzene rings is 1. The first kappa shape index (κ1) is 23.6. The molecule has 1 aromatic carbocycles. The van der Waals surface area contributed by atoms with Crippen molar-refractivity contribution in [3.05, 3.63) is 48.2 Å². The summed E-state index contributed by atoms with van der Waals surface area (Å²) in [7, 11) is -3.93. The second-order valence-electron chi connectivity index (χ2n) is 7.38. The van der Waals surface area contributed by atoms with Crippen LogP contribution >= 0.6 is 0 Å². The molecule has 0 fully saturated rings. The maximum absolute atomic E-state index is 15.0. The van der Waals surface area contributed by atoms with Crippen molar-refractivity contribution in [2.45, 2.75) is 30.5 Å². The summed E-state index contributed by atoms with van der Waals surface area (Å²) < 4.78 is 79.0. The van der Waals surface area contributed by atoms with Gasteiger partial charge in [-0.1, -0.05) is 0 Å². The number of nitrogens with one attached hydrogen (secondary N) is 1. The molecule has 0 radical (unpaired) electrons. The molecule has 0 aliphatic rings. The zero-order valence-corrected chi connectivity index (χ0v) is 17.5. The van der Waals surface area contributed by atoms with E-state index in [9.17, 15) is 31.1 Å². The molecule has 3 aromatic rings. The summed E-state index contributed by atoms with van der Waals surface area (Å²) in [6.07, 6.45) is -3.50. The van der Waals surface area contributed by atoms with Crippen molar-refractivity contribution in [3.8, 4) is 11.3 Å². The minimum absolute atomic E-state index is 0.168. The van der Waals surface area contributed by atoms with Crippen LogP contribution < -0.4 is 10.5 Å². The lowest BCUT2D eigenvalue weighted by atomic mass is 10.1. The molecule has 0 unspecified atom stereocenters. The molecule has 0 aliphatic carbocycles. The Bertz CT molecular complexity index is 1240. The fourth-order valence-electron chi connectivity index (χ4n) is 2.69. The summed E-state index contributed by atoms with van der Waals surface area (Å²) >= 11 is 0. The first-order valence-corrected chi connectivity index (χ1v) is 10.5. The molecule has 4 N–H and O–H groups in total. The third kappa shape index (κ3) is 4.71. The van der Waals surface area contributed by atoms with Gasteiger partial charge in [0.05, 0.1) is 34.5 Å². The molecular formula is C18H18F4N6O3S. The lowest BCUT2D eigenvalue weighted by Gasteiger charge is -2.22. The Morgan fingerprint density at radius 2 is 1.78 bits per heavy atom. The molecule has 0 saturated carbocycles. The Morgan fingerprint density at radius 1 is 1.16 bits per heavy atom. The molecular weight excluding hydrogens is 456 g/mol. The standard InChI is InChI=1S/C18H18F4N6O3S/c1-17(2,9-29)28-15(19)12(7-25-28)14-13(18(20,21)22)8-24-16(27-14)26-10-3-5-11(6-4-10)32(23,30)31/h3-8,29H,9H2,1-2H3,(H2,23,30,31)(H,24,26,27). The van der Waals surface area contributed by atoms with Crippen molar-refractivity contribution >= 4 is 21.7 Å². The zero-order chi connectivity index (χ0) is 23.9. The number of anilines is 2. The van der Waals surface area contributed by atoms with Gasteiger partial charge in [0.1, 0.15) is 5.56 Å². The van der Waals surface area contributed by atoms with Gasteiger partial charge in [0.2, 0.25) is 21.9 Å². The van der Waals surface area contributed by atoms with Gasteiger partial charge in [0.25, 0.3) is 0 Å². The third-order valence-electron chi connectivity index (χ3n) is 4.46. The highest BCUT2D eigenvalue weighted by molar-refractivity contribution is 7.89. The number of aliphatic hydroxyl groups is 1. The predicted octanol–water partition coefficient (Wildman–Crippen LogP) is 2.62. The average Bonchev–Trinajstić information content (AvgIpc) is 3.09. The fraction of sp³-hybridized carbons (Fsp3) is 0.278. The van der Waals surface area contributed by atoms with Crippen LogP contribution in [0.1, 0.15) is 19.4 Å². The highest BCUT2D eigenvalue weighted by Gasteiger charge is 2.37. The second kappa shape index (κ2) is 8.11. The smallest absolute Gasteiger partial charge is 0.394 e. The van der Waals surface area contributed by atoms with E-state index in [0.29, 0.717) is 6.20 Å². The van der Waals surface area contributed by atoms with Gasteiger partial charge in [-0.05, 0) is 38.1 Å². The number of aliphatic hydroxyl groups excluding tert-OH is 1. The van der Waals surface area contributed by atoms with Crippen LogP contribution in [0.5, 0.6) is 0 Å². The second-order valence-corrected chi connectivity index (χ2v) is 8.94. The van der Waals surface area contributed by atoms with Gasteiger partial charge in [-0.15, -0.1) is 0 Å². The van der Waals surface area contributed by atoms with Crippen molar-refractivity contribution in [2.75, 3.05) is 11.9 Å². The van der Waals surface area contributed by atoms with Crippen LogP contribution in [0.25, 0.3) is 11.3 Å². The molecule has 14 heteroatoms. The number of alkyl halides is 3. The molecule has 0 atom stereocenters. The summed E-state index contributed by atoms with van der Waals surface area (Å²) in [5.74, 6) is -1.42. The Balaban J connectivity index is 2.06.